The zero-order chi connectivity index (χ0) is 10.7. The smallest absolute Gasteiger partial charge is 0.131 e. The Balaban J connectivity index is 2.09. The number of nitrogens with zero attached hydrogens (tertiary/aromatic N) is 2. The maximum atomic E-state index is 5.56. The molecule has 0 aliphatic rings. The highest BCUT2D eigenvalue weighted by Crippen LogP contribution is 2.22. The lowest BCUT2D eigenvalue weighted by Crippen LogP contribution is -2.07. The molecule has 2 aromatic rings. The van der Waals surface area contributed by atoms with E-state index < -0.39 is 0 Å². The molecule has 1 unspecified atom stereocenters. The van der Waals surface area contributed by atoms with Gasteiger partial charge in [0.1, 0.15) is 18.0 Å². The number of hydrogen-bond acceptors (Lipinski definition) is 5. The van der Waals surface area contributed by atoms with Crippen LogP contribution in [0.15, 0.2) is 29.9 Å². The molecule has 2 rings (SSSR count). The summed E-state index contributed by atoms with van der Waals surface area (Å²) in [6, 6.07) is 6.09. The second-order valence-corrected chi connectivity index (χ2v) is 4.19. The minimum atomic E-state index is 0.235. The fraction of sp³-hybridized carbons (Fsp3) is 0.200. The van der Waals surface area contributed by atoms with Gasteiger partial charge in [-0.3, -0.25) is 0 Å². The van der Waals surface area contributed by atoms with Crippen LogP contribution in [-0.2, 0) is 0 Å². The number of thiophene rings is 1. The number of nitrogens with one attached hydrogen (secondary N) is 1. The summed E-state index contributed by atoms with van der Waals surface area (Å²) in [5, 5.41) is 5.32. The van der Waals surface area contributed by atoms with Crippen LogP contribution in [0.5, 0.6) is 0 Å². The van der Waals surface area contributed by atoms with Crippen LogP contribution in [0.3, 0.4) is 0 Å². The normalized spacial score (nSPS) is 12.3. The van der Waals surface area contributed by atoms with Crippen molar-refractivity contribution in [2.45, 2.75) is 13.0 Å². The van der Waals surface area contributed by atoms with Crippen LogP contribution in [0.4, 0.5) is 11.6 Å². The largest absolute Gasteiger partial charge is 0.384 e. The van der Waals surface area contributed by atoms with Crippen LogP contribution in [0.25, 0.3) is 0 Å². The number of anilines is 2. The van der Waals surface area contributed by atoms with E-state index >= 15 is 0 Å². The van der Waals surface area contributed by atoms with Gasteiger partial charge in [0.2, 0.25) is 0 Å². The quantitative estimate of drug-likeness (QED) is 0.833. The van der Waals surface area contributed by atoms with Crippen molar-refractivity contribution in [2.75, 3.05) is 11.1 Å². The Morgan fingerprint density at radius 3 is 3.00 bits per heavy atom. The molecule has 0 amide bonds. The third kappa shape index (κ3) is 2.44. The minimum absolute atomic E-state index is 0.235. The zero-order valence-electron chi connectivity index (χ0n) is 8.34. The Bertz CT molecular complexity index is 427. The average molecular weight is 220 g/mol. The van der Waals surface area contributed by atoms with Crippen molar-refractivity contribution in [3.63, 3.8) is 0 Å². The van der Waals surface area contributed by atoms with Crippen molar-refractivity contribution in [3.8, 4) is 0 Å². The molecule has 78 valence electrons. The minimum Gasteiger partial charge on any atom is -0.384 e. The van der Waals surface area contributed by atoms with E-state index in [0.29, 0.717) is 5.82 Å². The van der Waals surface area contributed by atoms with Crippen molar-refractivity contribution >= 4 is 23.0 Å². The zero-order valence-corrected chi connectivity index (χ0v) is 9.16. The van der Waals surface area contributed by atoms with Crippen molar-refractivity contribution < 1.29 is 0 Å². The van der Waals surface area contributed by atoms with E-state index in [1.54, 1.807) is 17.4 Å². The third-order valence-electron chi connectivity index (χ3n) is 2.02. The van der Waals surface area contributed by atoms with Gasteiger partial charge in [0, 0.05) is 10.9 Å². The highest BCUT2D eigenvalue weighted by molar-refractivity contribution is 7.10. The fourth-order valence-electron chi connectivity index (χ4n) is 1.28. The molecule has 0 aliphatic carbocycles. The molecule has 0 saturated carbocycles. The molecule has 0 saturated heterocycles. The first kappa shape index (κ1) is 9.92. The second kappa shape index (κ2) is 4.27. The van der Waals surface area contributed by atoms with Crippen LogP contribution in [0.2, 0.25) is 0 Å². The molecule has 5 heteroatoms. The number of rotatable bonds is 3. The first-order valence-corrected chi connectivity index (χ1v) is 5.51. The van der Waals surface area contributed by atoms with Gasteiger partial charge in [-0.1, -0.05) is 6.07 Å². The maximum absolute atomic E-state index is 5.56. The second-order valence-electron chi connectivity index (χ2n) is 3.21. The summed E-state index contributed by atoms with van der Waals surface area (Å²) in [7, 11) is 0. The molecular weight excluding hydrogens is 208 g/mol. The molecule has 0 fully saturated rings. The maximum Gasteiger partial charge on any atom is 0.131 e. The summed E-state index contributed by atoms with van der Waals surface area (Å²) >= 11 is 1.72. The number of aromatic nitrogens is 2. The molecule has 15 heavy (non-hydrogen) atoms. The molecule has 0 aromatic carbocycles. The molecule has 0 aliphatic heterocycles. The predicted molar refractivity (Wildman–Crippen MR) is 62.8 cm³/mol. The van der Waals surface area contributed by atoms with Crippen LogP contribution in [0, 0.1) is 0 Å². The third-order valence-corrected chi connectivity index (χ3v) is 3.08. The Morgan fingerprint density at radius 2 is 2.33 bits per heavy atom. The van der Waals surface area contributed by atoms with Crippen LogP contribution in [0.1, 0.15) is 17.8 Å². The predicted octanol–water partition coefficient (Wildman–Crippen LogP) is 2.29. The number of nitrogen functional groups attached to an aromatic ring is 1. The first-order valence-electron chi connectivity index (χ1n) is 4.63. The Labute approximate surface area is 92.2 Å². The Kier molecular flexibility index (Phi) is 2.82. The van der Waals surface area contributed by atoms with Gasteiger partial charge in [-0.15, -0.1) is 11.3 Å². The molecule has 0 spiro atoms. The van der Waals surface area contributed by atoms with Gasteiger partial charge >= 0.3 is 0 Å². The van der Waals surface area contributed by atoms with Crippen molar-refractivity contribution in [1.82, 2.24) is 9.97 Å². The van der Waals surface area contributed by atoms with Crippen LogP contribution >= 0.6 is 11.3 Å². The summed E-state index contributed by atoms with van der Waals surface area (Å²) in [4.78, 5) is 9.20. The van der Waals surface area contributed by atoms with Crippen molar-refractivity contribution in [2.24, 2.45) is 0 Å². The Morgan fingerprint density at radius 1 is 1.47 bits per heavy atom. The monoisotopic (exact) mass is 220 g/mol. The van der Waals surface area contributed by atoms with Gasteiger partial charge < -0.3 is 11.1 Å². The highest BCUT2D eigenvalue weighted by Gasteiger charge is 2.06. The van der Waals surface area contributed by atoms with Gasteiger partial charge in [-0.05, 0) is 18.4 Å². The molecule has 0 bridgehead atoms. The molecule has 2 aromatic heterocycles. The standard InChI is InChI=1S/C10H12N4S/c1-7(8-3-2-4-15-8)14-10-5-9(11)12-6-13-10/h2-7H,1H3,(H3,11,12,13,14). The number of nitrogens with two attached hydrogens (primary N) is 1. The average Bonchev–Trinajstić information content (AvgIpc) is 2.70. The van der Waals surface area contributed by atoms with Crippen LogP contribution in [-0.4, -0.2) is 9.97 Å². The lowest BCUT2D eigenvalue weighted by molar-refractivity contribution is 0.894. The van der Waals surface area contributed by atoms with Gasteiger partial charge in [0.25, 0.3) is 0 Å². The van der Waals surface area contributed by atoms with Gasteiger partial charge in [-0.2, -0.15) is 0 Å². The SMILES string of the molecule is CC(Nc1cc(N)ncn1)c1cccs1. The lowest BCUT2D eigenvalue weighted by Gasteiger charge is -2.12. The Hall–Kier alpha value is -1.62. The van der Waals surface area contributed by atoms with Gasteiger partial charge in [0.05, 0.1) is 6.04 Å². The molecule has 1 atom stereocenters. The molecular formula is C10H12N4S. The van der Waals surface area contributed by atoms with Gasteiger partial charge in [-0.25, -0.2) is 9.97 Å². The molecule has 2 heterocycles. The van der Waals surface area contributed by atoms with Crippen molar-refractivity contribution in [3.05, 3.63) is 34.8 Å². The summed E-state index contributed by atoms with van der Waals surface area (Å²) < 4.78 is 0. The number of hydrogen-bond donors (Lipinski definition) is 2. The lowest BCUT2D eigenvalue weighted by atomic mass is 10.3. The van der Waals surface area contributed by atoms with Crippen molar-refractivity contribution in [1.29, 1.82) is 0 Å². The van der Waals surface area contributed by atoms with E-state index in [2.05, 4.69) is 33.7 Å². The van der Waals surface area contributed by atoms with Gasteiger partial charge in [0.15, 0.2) is 0 Å². The van der Waals surface area contributed by atoms with Crippen LogP contribution < -0.4 is 11.1 Å². The molecule has 4 nitrogen and oxygen atoms in total. The summed E-state index contributed by atoms with van der Waals surface area (Å²) in [5.74, 6) is 1.23. The van der Waals surface area contributed by atoms with E-state index in [0.717, 1.165) is 5.82 Å². The summed E-state index contributed by atoms with van der Waals surface area (Å²) in [6.45, 7) is 2.09. The summed E-state index contributed by atoms with van der Waals surface area (Å²) in [6.07, 6.45) is 1.46. The van der Waals surface area contributed by atoms with E-state index in [4.69, 9.17) is 5.73 Å². The first-order chi connectivity index (χ1) is 7.25. The topological polar surface area (TPSA) is 63.8 Å². The van der Waals surface area contributed by atoms with E-state index in [9.17, 15) is 0 Å². The molecule has 0 radical (unpaired) electrons. The summed E-state index contributed by atoms with van der Waals surface area (Å²) in [5.41, 5.74) is 5.56. The van der Waals surface area contributed by atoms with E-state index in [1.165, 1.54) is 11.2 Å². The van der Waals surface area contributed by atoms with E-state index in [1.807, 2.05) is 6.07 Å². The highest BCUT2D eigenvalue weighted by atomic mass is 32.1. The molecule has 3 N–H and O–H groups in total. The van der Waals surface area contributed by atoms with E-state index in [-0.39, 0.29) is 6.04 Å². The fourth-order valence-corrected chi connectivity index (χ4v) is 2.02.